The number of carboxylic acid groups (broad SMARTS) is 1. The first-order valence-electron chi connectivity index (χ1n) is 11.6. The van der Waals surface area contributed by atoms with Gasteiger partial charge >= 0.3 is 29.6 Å². The molecular weight excluding hydrogens is 483 g/mol. The number of carbonyl (C=O) groups excluding carboxylic acids is 1. The number of nitrogens with one attached hydrogen (secondary N) is 1. The summed E-state index contributed by atoms with van der Waals surface area (Å²) in [5, 5.41) is 34.9. The van der Waals surface area contributed by atoms with Crippen LogP contribution in [0.4, 0.5) is 0 Å². The van der Waals surface area contributed by atoms with Crippen molar-refractivity contribution in [1.82, 2.24) is 10.3 Å². The molecule has 4 aromatic rings. The van der Waals surface area contributed by atoms with E-state index in [1.165, 1.54) is 12.1 Å². The quantitative estimate of drug-likeness (QED) is 0.215. The summed E-state index contributed by atoms with van der Waals surface area (Å²) in [5.41, 5.74) is 1.54. The molecule has 9 heteroatoms. The molecule has 2 atom stereocenters. The zero-order valence-corrected chi connectivity index (χ0v) is 22.5. The molecule has 0 aliphatic rings. The average Bonchev–Trinajstić information content (AvgIpc) is 2.91. The van der Waals surface area contributed by atoms with Crippen LogP contribution in [0.3, 0.4) is 0 Å². The number of hydrogen-bond donors (Lipinski definition) is 3. The number of aromatic carboxylic acids is 1. The second kappa shape index (κ2) is 14.1. The Morgan fingerprint density at radius 2 is 1.76 bits per heavy atom. The summed E-state index contributed by atoms with van der Waals surface area (Å²) in [7, 11) is 0. The molecule has 0 aliphatic carbocycles. The van der Waals surface area contributed by atoms with Gasteiger partial charge in [-0.3, -0.25) is 4.98 Å². The van der Waals surface area contributed by atoms with E-state index in [1.54, 1.807) is 18.3 Å². The van der Waals surface area contributed by atoms with Crippen LogP contribution in [0.25, 0.3) is 10.9 Å². The number of fused-ring (bicyclic) bond motifs is 1. The van der Waals surface area contributed by atoms with Crippen LogP contribution in [-0.2, 0) is 6.42 Å². The third-order valence-electron chi connectivity index (χ3n) is 5.62. The van der Waals surface area contributed by atoms with Crippen molar-refractivity contribution in [2.45, 2.75) is 18.6 Å². The number of para-hydroxylation sites is 1. The van der Waals surface area contributed by atoms with Crippen LogP contribution in [0.1, 0.15) is 15.9 Å². The largest absolute Gasteiger partial charge is 1.00 e. The van der Waals surface area contributed by atoms with Gasteiger partial charge < -0.3 is 34.9 Å². The van der Waals surface area contributed by atoms with Gasteiger partial charge in [0.2, 0.25) is 0 Å². The molecule has 4 rings (SSSR count). The molecule has 8 nitrogen and oxygen atoms in total. The van der Waals surface area contributed by atoms with Crippen LogP contribution in [-0.4, -0.2) is 53.1 Å². The van der Waals surface area contributed by atoms with Crippen molar-refractivity contribution in [3.63, 3.8) is 0 Å². The Bertz CT molecular complexity index is 1290. The third kappa shape index (κ3) is 8.26. The van der Waals surface area contributed by atoms with E-state index in [4.69, 9.17) is 9.47 Å². The van der Waals surface area contributed by atoms with Gasteiger partial charge in [-0.25, -0.2) is 0 Å². The van der Waals surface area contributed by atoms with Gasteiger partial charge in [-0.1, -0.05) is 36.4 Å². The molecule has 37 heavy (non-hydrogen) atoms. The van der Waals surface area contributed by atoms with Crippen molar-refractivity contribution in [1.29, 1.82) is 0 Å². The van der Waals surface area contributed by atoms with E-state index in [-0.39, 0.29) is 60.9 Å². The molecule has 0 saturated carbocycles. The summed E-state index contributed by atoms with van der Waals surface area (Å²) >= 11 is 0. The SMILES string of the molecule is O=C([O-])c1ccc2c(Oc3ccc(C[C@@H](CO)NC[C@H](O)COc4ccccc4)cc3)ccnc2c1.[Na+]. The Balaban J connectivity index is 0.00000380. The molecule has 1 aromatic heterocycles. The molecule has 1 heterocycles. The molecule has 0 bridgehead atoms. The summed E-state index contributed by atoms with van der Waals surface area (Å²) in [6.45, 7) is 0.356. The number of carboxylic acids is 1. The Morgan fingerprint density at radius 1 is 1.00 bits per heavy atom. The molecule has 3 aromatic carbocycles. The van der Waals surface area contributed by atoms with Crippen LogP contribution in [0, 0.1) is 0 Å². The van der Waals surface area contributed by atoms with Crippen LogP contribution in [0.15, 0.2) is 85.1 Å². The molecule has 0 amide bonds. The van der Waals surface area contributed by atoms with Gasteiger partial charge in [-0.15, -0.1) is 0 Å². The van der Waals surface area contributed by atoms with Crippen molar-refractivity contribution in [3.05, 3.63) is 96.2 Å². The van der Waals surface area contributed by atoms with Gasteiger partial charge in [0.15, 0.2) is 0 Å². The smallest absolute Gasteiger partial charge is 0.545 e. The van der Waals surface area contributed by atoms with E-state index in [0.29, 0.717) is 34.6 Å². The summed E-state index contributed by atoms with van der Waals surface area (Å²) in [6, 6.07) is 22.8. The molecule has 0 unspecified atom stereocenters. The molecule has 0 saturated heterocycles. The summed E-state index contributed by atoms with van der Waals surface area (Å²) in [5.74, 6) is 0.599. The van der Waals surface area contributed by atoms with E-state index in [0.717, 1.165) is 5.56 Å². The molecule has 0 aliphatic heterocycles. The molecule has 0 spiro atoms. The number of nitrogens with zero attached hydrogens (tertiary/aromatic N) is 1. The predicted octanol–water partition coefficient (Wildman–Crippen LogP) is -0.672. The van der Waals surface area contributed by atoms with Crippen LogP contribution < -0.4 is 49.5 Å². The van der Waals surface area contributed by atoms with Crippen molar-refractivity contribution in [2.75, 3.05) is 19.8 Å². The van der Waals surface area contributed by atoms with E-state index in [1.807, 2.05) is 54.6 Å². The zero-order chi connectivity index (χ0) is 25.3. The number of aliphatic hydroxyl groups is 2. The van der Waals surface area contributed by atoms with Gasteiger partial charge in [0.05, 0.1) is 18.1 Å². The Hall–Kier alpha value is -2.98. The minimum atomic E-state index is -1.26. The van der Waals surface area contributed by atoms with E-state index < -0.39 is 12.1 Å². The zero-order valence-electron chi connectivity index (χ0n) is 20.5. The number of rotatable bonds is 12. The van der Waals surface area contributed by atoms with Gasteiger partial charge in [0.1, 0.15) is 30.0 Å². The Labute approximate surface area is 237 Å². The van der Waals surface area contributed by atoms with Crippen molar-refractivity contribution in [3.8, 4) is 17.2 Å². The van der Waals surface area contributed by atoms with Gasteiger partial charge in [-0.2, -0.15) is 0 Å². The average molecular weight is 511 g/mol. The van der Waals surface area contributed by atoms with Crippen molar-refractivity contribution in [2.24, 2.45) is 0 Å². The number of carbonyl (C=O) groups is 1. The van der Waals surface area contributed by atoms with Crippen molar-refractivity contribution >= 4 is 16.9 Å². The predicted molar refractivity (Wildman–Crippen MR) is 133 cm³/mol. The number of aromatic nitrogens is 1. The van der Waals surface area contributed by atoms with E-state index >= 15 is 0 Å². The number of pyridine rings is 1. The Kier molecular flexibility index (Phi) is 10.9. The molecular formula is C28H27N2NaO6. The van der Waals surface area contributed by atoms with E-state index in [2.05, 4.69) is 10.3 Å². The van der Waals surface area contributed by atoms with Gasteiger partial charge in [0, 0.05) is 24.2 Å². The standard InChI is InChI=1S/C28H28N2O6.Na/c31-17-21(30-16-22(32)18-35-23-4-2-1-3-5-23)14-19-6-9-24(10-7-19)36-27-12-13-29-26-15-20(28(33)34)8-11-25(26)27;/h1-13,15,21-22,30-32H,14,16-18H2,(H,33,34);/q;+1/p-1/t21-,22-;/m0./s1. The summed E-state index contributed by atoms with van der Waals surface area (Å²) in [4.78, 5) is 15.3. The number of hydrogen-bond acceptors (Lipinski definition) is 8. The van der Waals surface area contributed by atoms with Gasteiger partial charge in [-0.05, 0) is 60.0 Å². The first kappa shape index (κ1) is 28.6. The minimum absolute atomic E-state index is 0. The second-order valence-electron chi connectivity index (χ2n) is 8.34. The van der Waals surface area contributed by atoms with Crippen LogP contribution in [0.5, 0.6) is 17.2 Å². The Morgan fingerprint density at radius 3 is 2.46 bits per heavy atom. The fourth-order valence-electron chi connectivity index (χ4n) is 3.71. The fourth-order valence-corrected chi connectivity index (χ4v) is 3.71. The number of benzene rings is 3. The molecule has 0 radical (unpaired) electrons. The van der Waals surface area contributed by atoms with Crippen molar-refractivity contribution < 1.29 is 59.1 Å². The maximum absolute atomic E-state index is 11.1. The monoisotopic (exact) mass is 510 g/mol. The fraction of sp³-hybridized carbons (Fsp3) is 0.214. The normalized spacial score (nSPS) is 12.4. The number of ether oxygens (including phenoxy) is 2. The molecule has 0 fully saturated rings. The minimum Gasteiger partial charge on any atom is -0.545 e. The summed E-state index contributed by atoms with van der Waals surface area (Å²) < 4.78 is 11.6. The number of aliphatic hydroxyl groups excluding tert-OH is 2. The van der Waals surface area contributed by atoms with Gasteiger partial charge in [0.25, 0.3) is 0 Å². The van der Waals surface area contributed by atoms with E-state index in [9.17, 15) is 20.1 Å². The second-order valence-corrected chi connectivity index (χ2v) is 8.34. The molecule has 186 valence electrons. The topological polar surface area (TPSA) is 124 Å². The summed E-state index contributed by atoms with van der Waals surface area (Å²) in [6.07, 6.45) is 1.41. The maximum atomic E-state index is 11.1. The third-order valence-corrected chi connectivity index (χ3v) is 5.62. The first-order valence-corrected chi connectivity index (χ1v) is 11.6. The van der Waals surface area contributed by atoms with Crippen LogP contribution >= 0.6 is 0 Å². The van der Waals surface area contributed by atoms with Crippen LogP contribution in [0.2, 0.25) is 0 Å². The molecule has 3 N–H and O–H groups in total. The first-order chi connectivity index (χ1) is 17.5. The maximum Gasteiger partial charge on any atom is 1.00 e.